The summed E-state index contributed by atoms with van der Waals surface area (Å²) in [5.74, 6) is -0.245. The van der Waals surface area contributed by atoms with Gasteiger partial charge in [0.2, 0.25) is 5.91 Å². The molecule has 0 bridgehead atoms. The number of nitrogens with one attached hydrogen (secondary N) is 1. The highest BCUT2D eigenvalue weighted by Gasteiger charge is 2.36. The van der Waals surface area contributed by atoms with Gasteiger partial charge in [0.1, 0.15) is 6.04 Å². The van der Waals surface area contributed by atoms with Crippen molar-refractivity contribution in [1.29, 1.82) is 0 Å². The van der Waals surface area contributed by atoms with Crippen LogP contribution < -0.4 is 5.32 Å². The predicted molar refractivity (Wildman–Crippen MR) is 110 cm³/mol. The van der Waals surface area contributed by atoms with Crippen molar-refractivity contribution in [2.24, 2.45) is 0 Å². The third kappa shape index (κ3) is 3.93. The standard InChI is InChI=1S/C23H25ClN2O2/c24-20-13-7-6-12-19(20)23(28)26-15-17-9-5-4-8-16(17)14-21(26)22(27)25-18-10-2-1-3-11-18/h4-9,12-13,18,21H,1-3,10-11,14-15H2,(H,25,27). The number of rotatable bonds is 3. The number of hydrogen-bond acceptors (Lipinski definition) is 2. The number of hydrogen-bond donors (Lipinski definition) is 1. The summed E-state index contributed by atoms with van der Waals surface area (Å²) in [7, 11) is 0. The van der Waals surface area contributed by atoms with Crippen molar-refractivity contribution in [3.63, 3.8) is 0 Å². The van der Waals surface area contributed by atoms with Crippen LogP contribution in [0, 0.1) is 0 Å². The molecule has 0 spiro atoms. The van der Waals surface area contributed by atoms with Crippen LogP contribution in [0.3, 0.4) is 0 Å². The first kappa shape index (κ1) is 19.0. The summed E-state index contributed by atoms with van der Waals surface area (Å²) in [6.45, 7) is 0.420. The lowest BCUT2D eigenvalue weighted by Crippen LogP contribution is -2.54. The molecule has 1 saturated carbocycles. The second kappa shape index (κ2) is 8.36. The summed E-state index contributed by atoms with van der Waals surface area (Å²) >= 11 is 6.27. The van der Waals surface area contributed by atoms with Gasteiger partial charge in [-0.2, -0.15) is 0 Å². The van der Waals surface area contributed by atoms with Gasteiger partial charge in [0.05, 0.1) is 10.6 Å². The summed E-state index contributed by atoms with van der Waals surface area (Å²) in [6.07, 6.45) is 6.12. The molecule has 1 fully saturated rings. The number of nitrogens with zero attached hydrogens (tertiary/aromatic N) is 1. The Kier molecular flexibility index (Phi) is 5.67. The highest BCUT2D eigenvalue weighted by atomic mass is 35.5. The van der Waals surface area contributed by atoms with Crippen LogP contribution in [-0.2, 0) is 17.8 Å². The molecule has 28 heavy (non-hydrogen) atoms. The van der Waals surface area contributed by atoms with Gasteiger partial charge in [-0.3, -0.25) is 9.59 Å². The largest absolute Gasteiger partial charge is 0.352 e. The van der Waals surface area contributed by atoms with E-state index < -0.39 is 6.04 Å². The van der Waals surface area contributed by atoms with Crippen molar-refractivity contribution >= 4 is 23.4 Å². The first-order valence-electron chi connectivity index (χ1n) is 10.1. The lowest BCUT2D eigenvalue weighted by Gasteiger charge is -2.37. The van der Waals surface area contributed by atoms with Gasteiger partial charge in [-0.25, -0.2) is 0 Å². The topological polar surface area (TPSA) is 49.4 Å². The summed E-state index contributed by atoms with van der Waals surface area (Å²) in [6, 6.07) is 14.8. The van der Waals surface area contributed by atoms with E-state index >= 15 is 0 Å². The average molecular weight is 397 g/mol. The van der Waals surface area contributed by atoms with E-state index in [0.717, 1.165) is 36.8 Å². The molecule has 1 unspecified atom stereocenters. The predicted octanol–water partition coefficient (Wildman–Crippen LogP) is 4.36. The molecule has 0 saturated heterocycles. The van der Waals surface area contributed by atoms with Gasteiger partial charge < -0.3 is 10.2 Å². The highest BCUT2D eigenvalue weighted by Crippen LogP contribution is 2.28. The summed E-state index contributed by atoms with van der Waals surface area (Å²) in [5, 5.41) is 3.62. The number of benzene rings is 2. The van der Waals surface area contributed by atoms with Crippen LogP contribution in [0.5, 0.6) is 0 Å². The van der Waals surface area contributed by atoms with E-state index in [9.17, 15) is 9.59 Å². The van der Waals surface area contributed by atoms with Crippen molar-refractivity contribution in [2.45, 2.75) is 57.2 Å². The monoisotopic (exact) mass is 396 g/mol. The molecule has 2 amide bonds. The van der Waals surface area contributed by atoms with Gasteiger partial charge in [-0.05, 0) is 36.1 Å². The van der Waals surface area contributed by atoms with Crippen molar-refractivity contribution in [3.8, 4) is 0 Å². The van der Waals surface area contributed by atoms with Crippen LogP contribution in [0.15, 0.2) is 48.5 Å². The minimum atomic E-state index is -0.513. The second-order valence-electron chi connectivity index (χ2n) is 7.75. The van der Waals surface area contributed by atoms with E-state index in [1.54, 1.807) is 29.2 Å². The molecule has 1 heterocycles. The Hall–Kier alpha value is -2.33. The maximum atomic E-state index is 13.3. The Morgan fingerprint density at radius 1 is 0.929 bits per heavy atom. The Morgan fingerprint density at radius 2 is 1.61 bits per heavy atom. The fourth-order valence-corrected chi connectivity index (χ4v) is 4.52. The molecule has 2 aromatic rings. The van der Waals surface area contributed by atoms with Crippen LogP contribution in [-0.4, -0.2) is 28.8 Å². The Labute approximate surface area is 170 Å². The van der Waals surface area contributed by atoms with Crippen LogP contribution in [0.4, 0.5) is 0 Å². The first-order chi connectivity index (χ1) is 13.6. The van der Waals surface area contributed by atoms with Crippen molar-refractivity contribution < 1.29 is 9.59 Å². The maximum absolute atomic E-state index is 13.3. The molecule has 0 aromatic heterocycles. The van der Waals surface area contributed by atoms with E-state index in [2.05, 4.69) is 5.32 Å². The quantitative estimate of drug-likeness (QED) is 0.838. The van der Waals surface area contributed by atoms with Gasteiger partial charge in [0, 0.05) is 19.0 Å². The lowest BCUT2D eigenvalue weighted by atomic mass is 9.91. The Bertz CT molecular complexity index is 876. The summed E-state index contributed by atoms with van der Waals surface area (Å²) in [4.78, 5) is 28.2. The van der Waals surface area contributed by atoms with Gasteiger partial charge in [-0.15, -0.1) is 0 Å². The number of amides is 2. The normalized spacial score (nSPS) is 19.8. The van der Waals surface area contributed by atoms with E-state index in [0.29, 0.717) is 23.6 Å². The van der Waals surface area contributed by atoms with Crippen molar-refractivity contribution in [1.82, 2.24) is 10.2 Å². The Morgan fingerprint density at radius 3 is 2.36 bits per heavy atom. The van der Waals surface area contributed by atoms with Gasteiger partial charge in [0.25, 0.3) is 5.91 Å². The second-order valence-corrected chi connectivity index (χ2v) is 8.15. The molecule has 2 aliphatic rings. The molecule has 0 radical (unpaired) electrons. The molecule has 4 rings (SSSR count). The average Bonchev–Trinajstić information content (AvgIpc) is 2.73. The fourth-order valence-electron chi connectivity index (χ4n) is 4.30. The van der Waals surface area contributed by atoms with Crippen molar-refractivity contribution in [3.05, 3.63) is 70.2 Å². The third-order valence-electron chi connectivity index (χ3n) is 5.87. The van der Waals surface area contributed by atoms with E-state index in [1.165, 1.54) is 6.42 Å². The fraction of sp³-hybridized carbons (Fsp3) is 0.391. The zero-order valence-corrected chi connectivity index (χ0v) is 16.6. The minimum Gasteiger partial charge on any atom is -0.352 e. The molecular weight excluding hydrogens is 372 g/mol. The van der Waals surface area contributed by atoms with Crippen LogP contribution >= 0.6 is 11.6 Å². The number of carbonyl (C=O) groups excluding carboxylic acids is 2. The molecule has 146 valence electrons. The van der Waals surface area contributed by atoms with Gasteiger partial charge in [0.15, 0.2) is 0 Å². The first-order valence-corrected chi connectivity index (χ1v) is 10.4. The SMILES string of the molecule is O=C(NC1CCCCC1)C1Cc2ccccc2CN1C(=O)c1ccccc1Cl. The van der Waals surface area contributed by atoms with Crippen molar-refractivity contribution in [2.75, 3.05) is 0 Å². The van der Waals surface area contributed by atoms with E-state index in [4.69, 9.17) is 11.6 Å². The third-order valence-corrected chi connectivity index (χ3v) is 6.20. The lowest BCUT2D eigenvalue weighted by molar-refractivity contribution is -0.127. The highest BCUT2D eigenvalue weighted by molar-refractivity contribution is 6.33. The molecule has 1 aliphatic heterocycles. The smallest absolute Gasteiger partial charge is 0.256 e. The molecule has 1 aliphatic carbocycles. The molecule has 2 aromatic carbocycles. The van der Waals surface area contributed by atoms with Crippen LogP contribution in [0.1, 0.15) is 53.6 Å². The maximum Gasteiger partial charge on any atom is 0.256 e. The summed E-state index contributed by atoms with van der Waals surface area (Å²) < 4.78 is 0. The van der Waals surface area contributed by atoms with Crippen LogP contribution in [0.25, 0.3) is 0 Å². The van der Waals surface area contributed by atoms with Crippen LogP contribution in [0.2, 0.25) is 5.02 Å². The van der Waals surface area contributed by atoms with E-state index in [1.807, 2.05) is 24.3 Å². The summed E-state index contributed by atoms with van der Waals surface area (Å²) in [5.41, 5.74) is 2.66. The number of halogens is 1. The molecule has 4 nitrogen and oxygen atoms in total. The minimum absolute atomic E-state index is 0.0539. The zero-order chi connectivity index (χ0) is 19.5. The Balaban J connectivity index is 1.62. The van der Waals surface area contributed by atoms with Gasteiger partial charge >= 0.3 is 0 Å². The number of carbonyl (C=O) groups is 2. The zero-order valence-electron chi connectivity index (χ0n) is 15.9. The van der Waals surface area contributed by atoms with E-state index in [-0.39, 0.29) is 17.9 Å². The molecule has 1 atom stereocenters. The molecular formula is C23H25ClN2O2. The molecule has 1 N–H and O–H groups in total. The number of fused-ring (bicyclic) bond motifs is 1. The molecule has 5 heteroatoms. The van der Waals surface area contributed by atoms with Gasteiger partial charge in [-0.1, -0.05) is 67.3 Å².